The Hall–Kier alpha value is -2.67. The molecule has 0 aliphatic carbocycles. The number of aryl methyl sites for hydroxylation is 2. The largest absolute Gasteiger partial charge is 0.503 e. The van der Waals surface area contributed by atoms with Crippen LogP contribution in [0, 0.1) is 13.8 Å². The predicted molar refractivity (Wildman–Crippen MR) is 108 cm³/mol. The maximum Gasteiger partial charge on any atom is 0.290 e. The van der Waals surface area contributed by atoms with E-state index in [9.17, 15) is 14.7 Å². The summed E-state index contributed by atoms with van der Waals surface area (Å²) >= 11 is 1.28. The fourth-order valence-electron chi connectivity index (χ4n) is 3.48. The first kappa shape index (κ1) is 20.1. The average molecular weight is 401 g/mol. The second-order valence-corrected chi connectivity index (χ2v) is 7.85. The van der Waals surface area contributed by atoms with Gasteiger partial charge in [0.2, 0.25) is 5.78 Å². The van der Waals surface area contributed by atoms with Crippen LogP contribution in [0.1, 0.15) is 52.2 Å². The van der Waals surface area contributed by atoms with Crippen LogP contribution in [-0.4, -0.2) is 39.8 Å². The van der Waals surface area contributed by atoms with E-state index in [1.165, 1.54) is 11.3 Å². The summed E-state index contributed by atoms with van der Waals surface area (Å²) in [6, 6.07) is 6.67. The lowest BCUT2D eigenvalue weighted by atomic mass is 9.95. The molecule has 148 valence electrons. The predicted octanol–water partition coefficient (Wildman–Crippen LogP) is 4.15. The number of nitrogens with zero attached hydrogens (tertiary/aromatic N) is 2. The lowest BCUT2D eigenvalue weighted by Gasteiger charge is -2.26. The summed E-state index contributed by atoms with van der Waals surface area (Å²) < 4.78 is 5.49. The van der Waals surface area contributed by atoms with Gasteiger partial charge in [-0.15, -0.1) is 11.3 Å². The maximum absolute atomic E-state index is 13.3. The SMILES string of the molecule is CCCN1C(=O)C(O)=C(C(=O)c2sc(C)nc2C)C1c1ccc(OCC)cc1. The van der Waals surface area contributed by atoms with Crippen LogP contribution in [0.2, 0.25) is 0 Å². The summed E-state index contributed by atoms with van der Waals surface area (Å²) in [6.07, 6.45) is 0.715. The van der Waals surface area contributed by atoms with Gasteiger partial charge >= 0.3 is 0 Å². The van der Waals surface area contributed by atoms with Crippen LogP contribution in [0.15, 0.2) is 35.6 Å². The molecule has 7 heteroatoms. The fraction of sp³-hybridized carbons (Fsp3) is 0.381. The van der Waals surface area contributed by atoms with Crippen LogP contribution in [0.25, 0.3) is 0 Å². The van der Waals surface area contributed by atoms with Gasteiger partial charge in [0.1, 0.15) is 5.75 Å². The number of hydrogen-bond acceptors (Lipinski definition) is 6. The molecule has 1 aromatic carbocycles. The van der Waals surface area contributed by atoms with Crippen molar-refractivity contribution in [3.05, 3.63) is 56.7 Å². The van der Waals surface area contributed by atoms with Gasteiger partial charge in [-0.1, -0.05) is 19.1 Å². The zero-order valence-electron chi connectivity index (χ0n) is 16.5. The lowest BCUT2D eigenvalue weighted by Crippen LogP contribution is -2.31. The molecule has 6 nitrogen and oxygen atoms in total. The Balaban J connectivity index is 2.07. The van der Waals surface area contributed by atoms with E-state index in [4.69, 9.17) is 4.74 Å². The number of aromatic nitrogens is 1. The van der Waals surface area contributed by atoms with Crippen LogP contribution < -0.4 is 4.74 Å². The van der Waals surface area contributed by atoms with Crippen LogP contribution in [-0.2, 0) is 4.79 Å². The number of hydrogen-bond donors (Lipinski definition) is 1. The van der Waals surface area contributed by atoms with Gasteiger partial charge in [0, 0.05) is 6.54 Å². The molecule has 0 saturated heterocycles. The van der Waals surface area contributed by atoms with Crippen molar-refractivity contribution in [2.24, 2.45) is 0 Å². The molecule has 1 aliphatic heterocycles. The smallest absolute Gasteiger partial charge is 0.290 e. The molecule has 0 spiro atoms. The molecule has 0 bridgehead atoms. The van der Waals surface area contributed by atoms with Gasteiger partial charge in [-0.2, -0.15) is 0 Å². The van der Waals surface area contributed by atoms with Gasteiger partial charge in [0.15, 0.2) is 5.76 Å². The normalized spacial score (nSPS) is 16.8. The quantitative estimate of drug-likeness (QED) is 0.707. The van der Waals surface area contributed by atoms with Gasteiger partial charge in [-0.3, -0.25) is 9.59 Å². The molecule has 3 rings (SSSR count). The molecular formula is C21H24N2O4S. The van der Waals surface area contributed by atoms with Crippen molar-refractivity contribution in [3.8, 4) is 5.75 Å². The Morgan fingerprint density at radius 1 is 1.25 bits per heavy atom. The Morgan fingerprint density at radius 2 is 1.93 bits per heavy atom. The number of rotatable bonds is 7. The van der Waals surface area contributed by atoms with Crippen molar-refractivity contribution in [2.75, 3.05) is 13.2 Å². The zero-order valence-corrected chi connectivity index (χ0v) is 17.3. The second kappa shape index (κ2) is 8.14. The monoisotopic (exact) mass is 400 g/mol. The van der Waals surface area contributed by atoms with E-state index in [1.54, 1.807) is 11.8 Å². The topological polar surface area (TPSA) is 79.7 Å². The molecule has 1 amide bonds. The second-order valence-electron chi connectivity index (χ2n) is 6.64. The highest BCUT2D eigenvalue weighted by molar-refractivity contribution is 7.14. The van der Waals surface area contributed by atoms with Crippen LogP contribution in [0.3, 0.4) is 0 Å². The molecule has 0 saturated carbocycles. The van der Waals surface area contributed by atoms with E-state index in [-0.39, 0.29) is 11.4 Å². The number of thiazole rings is 1. The Morgan fingerprint density at radius 3 is 2.46 bits per heavy atom. The minimum absolute atomic E-state index is 0.120. The van der Waals surface area contributed by atoms with Gasteiger partial charge in [-0.25, -0.2) is 4.98 Å². The minimum atomic E-state index is -0.627. The molecule has 2 heterocycles. The van der Waals surface area contributed by atoms with Gasteiger partial charge < -0.3 is 14.7 Å². The number of benzene rings is 1. The summed E-state index contributed by atoms with van der Waals surface area (Å²) in [4.78, 5) is 32.3. The van der Waals surface area contributed by atoms with Crippen molar-refractivity contribution < 1.29 is 19.4 Å². The molecule has 1 aliphatic rings. The van der Waals surface area contributed by atoms with E-state index in [0.717, 1.165) is 10.6 Å². The number of carbonyl (C=O) groups excluding carboxylic acids is 2. The molecule has 1 aromatic heterocycles. The van der Waals surface area contributed by atoms with Crippen LogP contribution >= 0.6 is 11.3 Å². The van der Waals surface area contributed by atoms with Crippen molar-refractivity contribution in [2.45, 2.75) is 40.2 Å². The fourth-order valence-corrected chi connectivity index (χ4v) is 4.35. The first-order valence-electron chi connectivity index (χ1n) is 9.34. The Labute approximate surface area is 168 Å². The zero-order chi connectivity index (χ0) is 20.4. The van der Waals surface area contributed by atoms with E-state index < -0.39 is 17.7 Å². The van der Waals surface area contributed by atoms with Crippen LogP contribution in [0.4, 0.5) is 0 Å². The van der Waals surface area contributed by atoms with Crippen molar-refractivity contribution in [3.63, 3.8) is 0 Å². The molecule has 1 atom stereocenters. The third-order valence-corrected chi connectivity index (χ3v) is 5.70. The first-order chi connectivity index (χ1) is 13.4. The molecule has 28 heavy (non-hydrogen) atoms. The third-order valence-electron chi connectivity index (χ3n) is 4.63. The highest BCUT2D eigenvalue weighted by Crippen LogP contribution is 2.40. The summed E-state index contributed by atoms with van der Waals surface area (Å²) in [7, 11) is 0. The molecule has 1 N–H and O–H groups in total. The van der Waals surface area contributed by atoms with E-state index in [0.29, 0.717) is 35.9 Å². The minimum Gasteiger partial charge on any atom is -0.503 e. The lowest BCUT2D eigenvalue weighted by molar-refractivity contribution is -0.129. The van der Waals surface area contributed by atoms with Gasteiger partial charge in [-0.05, 0) is 44.9 Å². The number of ether oxygens (including phenoxy) is 1. The number of aliphatic hydroxyl groups is 1. The highest BCUT2D eigenvalue weighted by Gasteiger charge is 2.44. The first-order valence-corrected chi connectivity index (χ1v) is 10.2. The van der Waals surface area contributed by atoms with Crippen molar-refractivity contribution >= 4 is 23.0 Å². The van der Waals surface area contributed by atoms with Crippen molar-refractivity contribution in [1.29, 1.82) is 0 Å². The summed E-state index contributed by atoms with van der Waals surface area (Å²) in [5.41, 5.74) is 1.49. The molecule has 0 radical (unpaired) electrons. The van der Waals surface area contributed by atoms with E-state index >= 15 is 0 Å². The molecular weight excluding hydrogens is 376 g/mol. The van der Waals surface area contributed by atoms with Crippen molar-refractivity contribution in [1.82, 2.24) is 9.88 Å². The number of ketones is 1. The summed E-state index contributed by atoms with van der Waals surface area (Å²) in [6.45, 7) is 8.45. The maximum atomic E-state index is 13.3. The number of amides is 1. The molecule has 0 fully saturated rings. The summed E-state index contributed by atoms with van der Waals surface area (Å²) in [5, 5.41) is 11.4. The van der Waals surface area contributed by atoms with Gasteiger partial charge in [0.25, 0.3) is 5.91 Å². The number of Topliss-reactive ketones (excluding diaryl/α,β-unsaturated/α-hetero) is 1. The Bertz CT molecular complexity index is 930. The van der Waals surface area contributed by atoms with E-state index in [2.05, 4.69) is 4.98 Å². The average Bonchev–Trinajstić information content (AvgIpc) is 3.13. The summed E-state index contributed by atoms with van der Waals surface area (Å²) in [5.74, 6) is -0.607. The van der Waals surface area contributed by atoms with E-state index in [1.807, 2.05) is 45.0 Å². The molecule has 1 unspecified atom stereocenters. The highest BCUT2D eigenvalue weighted by atomic mass is 32.1. The number of carbonyl (C=O) groups is 2. The standard InChI is InChI=1S/C21H24N2O4S/c1-5-11-23-17(14-7-9-15(10-8-14)27-6-2)16(19(25)21(23)26)18(24)20-12(3)22-13(4)28-20/h7-10,17,25H,5-6,11H2,1-4H3. The Kier molecular flexibility index (Phi) is 5.84. The molecule has 2 aromatic rings. The van der Waals surface area contributed by atoms with Crippen LogP contribution in [0.5, 0.6) is 5.75 Å². The van der Waals surface area contributed by atoms with Gasteiger partial charge in [0.05, 0.1) is 33.8 Å². The number of aliphatic hydroxyl groups excluding tert-OH is 1. The third kappa shape index (κ3) is 3.54.